The Morgan fingerprint density at radius 2 is 1.97 bits per heavy atom. The van der Waals surface area contributed by atoms with Gasteiger partial charge in [0.25, 0.3) is 11.8 Å². The largest absolute Gasteiger partial charge is 0.436 e. The smallest absolute Gasteiger partial charge is 0.260 e. The Hall–Kier alpha value is -4.04. The summed E-state index contributed by atoms with van der Waals surface area (Å²) in [6.07, 6.45) is 2.38. The van der Waals surface area contributed by atoms with Crippen molar-refractivity contribution in [1.29, 1.82) is 0 Å². The molecule has 1 heterocycles. The Bertz CT molecular complexity index is 1390. The molecule has 172 valence electrons. The van der Waals surface area contributed by atoms with Crippen LogP contribution in [0.2, 0.25) is 5.28 Å². The monoisotopic (exact) mass is 477 g/mol. The summed E-state index contributed by atoms with van der Waals surface area (Å²) >= 11 is 5.78. The van der Waals surface area contributed by atoms with Crippen LogP contribution in [-0.2, 0) is 4.79 Å². The molecule has 7 nitrogen and oxygen atoms in total. The average Bonchev–Trinajstić information content (AvgIpc) is 2.83. The summed E-state index contributed by atoms with van der Waals surface area (Å²) in [5.74, 6) is -1.11. The topological polar surface area (TPSA) is 88.5 Å². The van der Waals surface area contributed by atoms with E-state index >= 15 is 0 Å². The van der Waals surface area contributed by atoms with Gasteiger partial charge in [0.05, 0.1) is 19.0 Å². The number of amides is 1. The number of nitrogens with zero attached hydrogens (tertiary/aromatic N) is 3. The van der Waals surface area contributed by atoms with Crippen molar-refractivity contribution in [2.24, 2.45) is 5.10 Å². The van der Waals surface area contributed by atoms with Crippen LogP contribution in [0.1, 0.15) is 16.7 Å². The molecule has 34 heavy (non-hydrogen) atoms. The molecule has 0 saturated carbocycles. The van der Waals surface area contributed by atoms with Crippen molar-refractivity contribution in [3.8, 4) is 11.6 Å². The van der Waals surface area contributed by atoms with E-state index in [2.05, 4.69) is 25.8 Å². The van der Waals surface area contributed by atoms with Crippen LogP contribution in [0.4, 0.5) is 10.1 Å². The van der Waals surface area contributed by atoms with E-state index in [1.165, 1.54) is 11.8 Å². The lowest BCUT2D eigenvalue weighted by atomic mass is 10.0. The van der Waals surface area contributed by atoms with Crippen LogP contribution in [0.15, 0.2) is 65.9 Å². The van der Waals surface area contributed by atoms with Gasteiger partial charge in [0.2, 0.25) is 11.1 Å². The van der Waals surface area contributed by atoms with E-state index in [0.717, 1.165) is 28.2 Å². The molecule has 4 aromatic rings. The van der Waals surface area contributed by atoms with Crippen molar-refractivity contribution in [1.82, 2.24) is 15.4 Å². The lowest BCUT2D eigenvalue weighted by molar-refractivity contribution is -0.119. The van der Waals surface area contributed by atoms with E-state index in [9.17, 15) is 9.18 Å². The summed E-state index contributed by atoms with van der Waals surface area (Å²) in [4.78, 5) is 19.7. The van der Waals surface area contributed by atoms with Gasteiger partial charge in [0, 0.05) is 11.3 Å². The predicted octanol–water partition coefficient (Wildman–Crippen LogP) is 5.39. The summed E-state index contributed by atoms with van der Waals surface area (Å²) in [7, 11) is 0. The number of aromatic nitrogens is 2. The molecule has 1 amide bonds. The molecule has 2 N–H and O–H groups in total. The predicted molar refractivity (Wildman–Crippen MR) is 131 cm³/mol. The fourth-order valence-corrected chi connectivity index (χ4v) is 3.37. The van der Waals surface area contributed by atoms with E-state index in [4.69, 9.17) is 16.3 Å². The zero-order valence-corrected chi connectivity index (χ0v) is 19.2. The number of fused-ring (bicyclic) bond motifs is 1. The maximum absolute atomic E-state index is 14.1. The van der Waals surface area contributed by atoms with E-state index < -0.39 is 5.82 Å². The van der Waals surface area contributed by atoms with Gasteiger partial charge in [-0.05, 0) is 65.5 Å². The molecule has 0 saturated heterocycles. The van der Waals surface area contributed by atoms with E-state index in [1.807, 2.05) is 62.4 Å². The van der Waals surface area contributed by atoms with Crippen molar-refractivity contribution in [2.45, 2.75) is 13.8 Å². The van der Waals surface area contributed by atoms with Gasteiger partial charge in [0.1, 0.15) is 5.75 Å². The van der Waals surface area contributed by atoms with Crippen LogP contribution in [0.5, 0.6) is 11.6 Å². The van der Waals surface area contributed by atoms with Crippen LogP contribution in [0, 0.1) is 19.7 Å². The fourth-order valence-electron chi connectivity index (χ4n) is 3.25. The Morgan fingerprint density at radius 1 is 1.15 bits per heavy atom. The lowest BCUT2D eigenvalue weighted by Gasteiger charge is -2.11. The molecule has 0 fully saturated rings. The third-order valence-electron chi connectivity index (χ3n) is 5.16. The number of hydrazone groups is 1. The summed E-state index contributed by atoms with van der Waals surface area (Å²) in [6, 6.07) is 16.9. The highest BCUT2D eigenvalue weighted by molar-refractivity contribution is 6.28. The molecule has 0 aliphatic rings. The van der Waals surface area contributed by atoms with E-state index in [1.54, 1.807) is 6.07 Å². The number of rotatable bonds is 7. The number of halogens is 2. The van der Waals surface area contributed by atoms with Gasteiger partial charge >= 0.3 is 0 Å². The summed E-state index contributed by atoms with van der Waals surface area (Å²) < 4.78 is 19.8. The summed E-state index contributed by atoms with van der Waals surface area (Å²) in [5, 5.41) is 8.72. The standard InChI is InChI=1S/C25H21ClFN5O2/c1-15-7-9-18(11-16(15)2)28-14-23(33)32-30-12-20-19-6-4-3-5-17(19)8-10-22(20)34-24-21(27)13-29-25(26)31-24/h3-13,28H,14H2,1-2H3,(H,32,33)/b30-12+. The average molecular weight is 478 g/mol. The second kappa shape index (κ2) is 10.3. The minimum absolute atomic E-state index is 0.0450. The van der Waals surface area contributed by atoms with Crippen LogP contribution in [0.3, 0.4) is 0 Å². The second-order valence-corrected chi connectivity index (χ2v) is 7.88. The molecule has 3 aromatic carbocycles. The third kappa shape index (κ3) is 5.47. The number of benzene rings is 3. The number of ether oxygens (including phenoxy) is 1. The molecule has 4 rings (SSSR count). The van der Waals surface area contributed by atoms with Gasteiger partial charge in [-0.15, -0.1) is 0 Å². The van der Waals surface area contributed by atoms with Crippen LogP contribution < -0.4 is 15.5 Å². The van der Waals surface area contributed by atoms with Crippen LogP contribution in [0.25, 0.3) is 10.8 Å². The first-order chi connectivity index (χ1) is 16.4. The van der Waals surface area contributed by atoms with E-state index in [-0.39, 0.29) is 23.6 Å². The number of nitrogens with one attached hydrogen (secondary N) is 2. The molecule has 0 unspecified atom stereocenters. The number of hydrogen-bond donors (Lipinski definition) is 2. The minimum atomic E-state index is -0.758. The normalized spacial score (nSPS) is 11.1. The number of anilines is 1. The first-order valence-corrected chi connectivity index (χ1v) is 10.8. The van der Waals surface area contributed by atoms with Gasteiger partial charge in [0.15, 0.2) is 0 Å². The Morgan fingerprint density at radius 3 is 2.79 bits per heavy atom. The van der Waals surface area contributed by atoms with Crippen molar-refractivity contribution in [3.05, 3.63) is 88.6 Å². The highest BCUT2D eigenvalue weighted by Gasteiger charge is 2.13. The molecular formula is C25H21ClFN5O2. The van der Waals surface area contributed by atoms with Gasteiger partial charge in [-0.3, -0.25) is 4.79 Å². The summed E-state index contributed by atoms with van der Waals surface area (Å²) in [5.41, 5.74) is 6.19. The molecule has 1 aromatic heterocycles. The Kier molecular flexibility index (Phi) is 6.98. The van der Waals surface area contributed by atoms with Gasteiger partial charge in [-0.25, -0.2) is 10.4 Å². The maximum Gasteiger partial charge on any atom is 0.260 e. The zero-order valence-electron chi connectivity index (χ0n) is 18.5. The molecule has 0 atom stereocenters. The SMILES string of the molecule is Cc1ccc(NCC(=O)N/N=C/c2c(Oc3nc(Cl)ncc3F)ccc3ccccc23)cc1C. The molecule has 0 aliphatic carbocycles. The molecule has 0 radical (unpaired) electrons. The minimum Gasteiger partial charge on any atom is -0.436 e. The van der Waals surface area contributed by atoms with Gasteiger partial charge in [-0.1, -0.05) is 36.4 Å². The number of aryl methyl sites for hydroxylation is 2. The summed E-state index contributed by atoms with van der Waals surface area (Å²) in [6.45, 7) is 4.08. The maximum atomic E-state index is 14.1. The Balaban J connectivity index is 1.52. The first kappa shape index (κ1) is 23.1. The van der Waals surface area contributed by atoms with Crippen molar-refractivity contribution in [2.75, 3.05) is 11.9 Å². The van der Waals surface area contributed by atoms with E-state index in [0.29, 0.717) is 11.3 Å². The van der Waals surface area contributed by atoms with Crippen molar-refractivity contribution >= 4 is 40.2 Å². The molecular weight excluding hydrogens is 457 g/mol. The third-order valence-corrected chi connectivity index (χ3v) is 5.34. The lowest BCUT2D eigenvalue weighted by Crippen LogP contribution is -2.25. The van der Waals surface area contributed by atoms with Crippen molar-refractivity contribution in [3.63, 3.8) is 0 Å². The number of carbonyl (C=O) groups is 1. The fraction of sp³-hybridized carbons (Fsp3) is 0.120. The zero-order chi connectivity index (χ0) is 24.1. The highest BCUT2D eigenvalue weighted by Crippen LogP contribution is 2.31. The van der Waals surface area contributed by atoms with Crippen LogP contribution >= 0.6 is 11.6 Å². The van der Waals surface area contributed by atoms with Gasteiger partial charge < -0.3 is 10.1 Å². The second-order valence-electron chi connectivity index (χ2n) is 7.54. The number of hydrogen-bond acceptors (Lipinski definition) is 6. The molecule has 9 heteroatoms. The first-order valence-electron chi connectivity index (χ1n) is 10.4. The molecule has 0 spiro atoms. The molecule has 0 bridgehead atoms. The van der Waals surface area contributed by atoms with Gasteiger partial charge in [-0.2, -0.15) is 14.5 Å². The highest BCUT2D eigenvalue weighted by atomic mass is 35.5. The quantitative estimate of drug-likeness (QED) is 0.211. The number of carbonyl (C=O) groups excluding carboxylic acids is 1. The Labute approximate surface area is 200 Å². The van der Waals surface area contributed by atoms with Crippen molar-refractivity contribution < 1.29 is 13.9 Å². The molecule has 0 aliphatic heterocycles. The van der Waals surface area contributed by atoms with Crippen LogP contribution in [-0.4, -0.2) is 28.6 Å².